The summed E-state index contributed by atoms with van der Waals surface area (Å²) in [5.41, 5.74) is 2.79. The van der Waals surface area contributed by atoms with Crippen molar-refractivity contribution < 1.29 is 9.90 Å². The predicted molar refractivity (Wildman–Crippen MR) is 87.4 cm³/mol. The largest absolute Gasteiger partial charge is 0.394 e. The third-order valence-electron chi connectivity index (χ3n) is 4.05. The van der Waals surface area contributed by atoms with Crippen molar-refractivity contribution in [2.45, 2.75) is 38.6 Å². The summed E-state index contributed by atoms with van der Waals surface area (Å²) >= 11 is 6.11. The van der Waals surface area contributed by atoms with Crippen LogP contribution < -0.4 is 5.32 Å². The maximum Gasteiger partial charge on any atom is 0.252 e. The van der Waals surface area contributed by atoms with Gasteiger partial charge in [0.25, 0.3) is 5.91 Å². The van der Waals surface area contributed by atoms with Crippen LogP contribution in [0.25, 0.3) is 10.9 Å². The highest BCUT2D eigenvalue weighted by Gasteiger charge is 2.27. The number of carbonyl (C=O) groups excluding carboxylic acids is 1. The molecule has 0 aliphatic heterocycles. The molecule has 22 heavy (non-hydrogen) atoms. The zero-order chi connectivity index (χ0) is 15.9. The molecule has 0 spiro atoms. The van der Waals surface area contributed by atoms with Crippen LogP contribution in [0.3, 0.4) is 0 Å². The molecule has 0 radical (unpaired) electrons. The highest BCUT2D eigenvalue weighted by Crippen LogP contribution is 2.31. The van der Waals surface area contributed by atoms with Crippen molar-refractivity contribution in [1.82, 2.24) is 10.3 Å². The number of fused-ring (bicyclic) bond motifs is 2. The molecule has 5 heteroatoms. The molecular weight excluding hydrogens is 300 g/mol. The van der Waals surface area contributed by atoms with E-state index >= 15 is 0 Å². The lowest BCUT2D eigenvalue weighted by Crippen LogP contribution is -2.46. The molecule has 0 saturated heterocycles. The molecule has 2 aromatic rings. The number of halogens is 1. The smallest absolute Gasteiger partial charge is 0.252 e. The normalized spacial score (nSPS) is 14.2. The van der Waals surface area contributed by atoms with Gasteiger partial charge in [-0.2, -0.15) is 0 Å². The number of amides is 1. The van der Waals surface area contributed by atoms with Crippen LogP contribution in [0, 0.1) is 0 Å². The van der Waals surface area contributed by atoms with Gasteiger partial charge in [-0.3, -0.25) is 9.78 Å². The van der Waals surface area contributed by atoms with Crippen LogP contribution in [0.1, 0.15) is 41.9 Å². The maximum atomic E-state index is 12.8. The average molecular weight is 319 g/mol. The number of aliphatic hydroxyl groups is 1. The van der Waals surface area contributed by atoms with E-state index in [-0.39, 0.29) is 12.5 Å². The van der Waals surface area contributed by atoms with E-state index in [1.165, 1.54) is 0 Å². The molecule has 1 amide bonds. The van der Waals surface area contributed by atoms with Crippen LogP contribution in [-0.2, 0) is 12.8 Å². The van der Waals surface area contributed by atoms with Gasteiger partial charge in [0, 0.05) is 16.1 Å². The molecule has 1 aromatic carbocycles. The lowest BCUT2D eigenvalue weighted by atomic mass is 9.98. The number of hydrogen-bond donors (Lipinski definition) is 2. The molecule has 116 valence electrons. The number of nitrogens with zero attached hydrogens (tertiary/aromatic N) is 1. The van der Waals surface area contributed by atoms with Crippen LogP contribution in [0.2, 0.25) is 5.02 Å². The Labute approximate surface area is 134 Å². The molecule has 0 saturated carbocycles. The Morgan fingerprint density at radius 2 is 2.18 bits per heavy atom. The van der Waals surface area contributed by atoms with Crippen molar-refractivity contribution in [2.75, 3.05) is 6.61 Å². The number of hydrogen-bond acceptors (Lipinski definition) is 3. The minimum Gasteiger partial charge on any atom is -0.394 e. The quantitative estimate of drug-likeness (QED) is 0.914. The second-order valence-electron chi connectivity index (χ2n) is 6.42. The standard InChI is InChI=1S/C17H19ClN2O2/c1-17(2,9-21)20-16(22)15-11-4-3-5-13(11)19-14-7-6-10(18)8-12(14)15/h6-8,21H,3-5,9H2,1-2H3,(H,20,22). The zero-order valence-corrected chi connectivity index (χ0v) is 13.5. The molecule has 2 N–H and O–H groups in total. The highest BCUT2D eigenvalue weighted by molar-refractivity contribution is 6.31. The van der Waals surface area contributed by atoms with Crippen LogP contribution in [-0.4, -0.2) is 28.1 Å². The minimum atomic E-state index is -0.670. The summed E-state index contributed by atoms with van der Waals surface area (Å²) in [5, 5.41) is 13.7. The summed E-state index contributed by atoms with van der Waals surface area (Å²) < 4.78 is 0. The Kier molecular flexibility index (Phi) is 3.83. The van der Waals surface area contributed by atoms with Crippen molar-refractivity contribution in [2.24, 2.45) is 0 Å². The molecule has 4 nitrogen and oxygen atoms in total. The molecule has 0 fully saturated rings. The third kappa shape index (κ3) is 2.69. The molecule has 1 aliphatic carbocycles. The van der Waals surface area contributed by atoms with Gasteiger partial charge in [-0.25, -0.2) is 0 Å². The van der Waals surface area contributed by atoms with E-state index in [9.17, 15) is 9.90 Å². The maximum absolute atomic E-state index is 12.8. The molecule has 3 rings (SSSR count). The average Bonchev–Trinajstić information content (AvgIpc) is 2.91. The topological polar surface area (TPSA) is 62.2 Å². The number of aliphatic hydroxyl groups excluding tert-OH is 1. The van der Waals surface area contributed by atoms with Gasteiger partial charge in [-0.05, 0) is 56.9 Å². The van der Waals surface area contributed by atoms with Crippen LogP contribution in [0.15, 0.2) is 18.2 Å². The summed E-state index contributed by atoms with van der Waals surface area (Å²) in [6.07, 6.45) is 2.76. The second-order valence-corrected chi connectivity index (χ2v) is 6.86. The molecule has 1 heterocycles. The fourth-order valence-electron chi connectivity index (χ4n) is 2.90. The van der Waals surface area contributed by atoms with Gasteiger partial charge in [-0.15, -0.1) is 0 Å². The van der Waals surface area contributed by atoms with E-state index < -0.39 is 5.54 Å². The van der Waals surface area contributed by atoms with Crippen molar-refractivity contribution >= 4 is 28.4 Å². The molecule has 0 bridgehead atoms. The lowest BCUT2D eigenvalue weighted by Gasteiger charge is -2.24. The number of aromatic nitrogens is 1. The number of pyridine rings is 1. The molecule has 1 aromatic heterocycles. The van der Waals surface area contributed by atoms with Gasteiger partial charge in [0.2, 0.25) is 0 Å². The van der Waals surface area contributed by atoms with E-state index in [2.05, 4.69) is 10.3 Å². The molecule has 1 aliphatic rings. The van der Waals surface area contributed by atoms with Crippen molar-refractivity contribution in [3.05, 3.63) is 40.0 Å². The summed E-state index contributed by atoms with van der Waals surface area (Å²) in [5.74, 6) is -0.174. The van der Waals surface area contributed by atoms with Crippen molar-refractivity contribution in [1.29, 1.82) is 0 Å². The van der Waals surface area contributed by atoms with Crippen LogP contribution >= 0.6 is 11.6 Å². The summed E-state index contributed by atoms with van der Waals surface area (Å²) in [4.78, 5) is 17.5. The number of rotatable bonds is 3. The minimum absolute atomic E-state index is 0.120. The van der Waals surface area contributed by atoms with E-state index in [0.717, 1.165) is 41.4 Å². The van der Waals surface area contributed by atoms with Gasteiger partial charge in [0.15, 0.2) is 0 Å². The number of nitrogens with one attached hydrogen (secondary N) is 1. The highest BCUT2D eigenvalue weighted by atomic mass is 35.5. The predicted octanol–water partition coefficient (Wildman–Crippen LogP) is 2.88. The first-order valence-corrected chi connectivity index (χ1v) is 7.83. The summed E-state index contributed by atoms with van der Waals surface area (Å²) in [6, 6.07) is 5.44. The Hall–Kier alpha value is -1.65. The van der Waals surface area contributed by atoms with Gasteiger partial charge in [-0.1, -0.05) is 11.6 Å². The summed E-state index contributed by atoms with van der Waals surface area (Å²) in [7, 11) is 0. The Morgan fingerprint density at radius 3 is 2.91 bits per heavy atom. The van der Waals surface area contributed by atoms with E-state index in [1.807, 2.05) is 6.07 Å². The lowest BCUT2D eigenvalue weighted by molar-refractivity contribution is 0.0870. The molecule has 0 unspecified atom stereocenters. The molecular formula is C17H19ClN2O2. The Morgan fingerprint density at radius 1 is 1.41 bits per heavy atom. The van der Waals surface area contributed by atoms with Gasteiger partial charge < -0.3 is 10.4 Å². The first-order chi connectivity index (χ1) is 10.4. The van der Waals surface area contributed by atoms with E-state index in [4.69, 9.17) is 11.6 Å². The van der Waals surface area contributed by atoms with Gasteiger partial charge in [0.1, 0.15) is 0 Å². The monoisotopic (exact) mass is 318 g/mol. The van der Waals surface area contributed by atoms with Crippen molar-refractivity contribution in [3.8, 4) is 0 Å². The first-order valence-electron chi connectivity index (χ1n) is 7.46. The Bertz CT molecular complexity index is 756. The molecule has 0 atom stereocenters. The van der Waals surface area contributed by atoms with Crippen molar-refractivity contribution in [3.63, 3.8) is 0 Å². The number of aryl methyl sites for hydroxylation is 1. The number of carbonyl (C=O) groups is 1. The fraction of sp³-hybridized carbons (Fsp3) is 0.412. The number of benzene rings is 1. The zero-order valence-electron chi connectivity index (χ0n) is 12.7. The Balaban J connectivity index is 2.18. The van der Waals surface area contributed by atoms with Gasteiger partial charge >= 0.3 is 0 Å². The third-order valence-corrected chi connectivity index (χ3v) is 4.28. The van der Waals surface area contributed by atoms with E-state index in [0.29, 0.717) is 10.6 Å². The van der Waals surface area contributed by atoms with Crippen LogP contribution in [0.4, 0.5) is 0 Å². The first kappa shape index (κ1) is 15.3. The second kappa shape index (κ2) is 5.52. The summed E-state index contributed by atoms with van der Waals surface area (Å²) in [6.45, 7) is 3.47. The van der Waals surface area contributed by atoms with E-state index in [1.54, 1.807) is 26.0 Å². The SMILES string of the molecule is CC(C)(CO)NC(=O)c1c2c(nc3ccc(Cl)cc13)CCC2. The van der Waals surface area contributed by atoms with Gasteiger partial charge in [0.05, 0.1) is 23.2 Å². The van der Waals surface area contributed by atoms with Crippen LogP contribution in [0.5, 0.6) is 0 Å². The fourth-order valence-corrected chi connectivity index (χ4v) is 3.08.